The van der Waals surface area contributed by atoms with Crippen molar-refractivity contribution in [2.75, 3.05) is 0 Å². The summed E-state index contributed by atoms with van der Waals surface area (Å²) in [5.74, 6) is 0.418. The Hall–Kier alpha value is -1.57. The van der Waals surface area contributed by atoms with Crippen molar-refractivity contribution in [3.63, 3.8) is 0 Å². The zero-order valence-electron chi connectivity index (χ0n) is 7.73. The fourth-order valence-electron chi connectivity index (χ4n) is 2.22. The summed E-state index contributed by atoms with van der Waals surface area (Å²) in [4.78, 5) is 4.11. The number of oxazole rings is 1. The summed E-state index contributed by atoms with van der Waals surface area (Å²) in [5, 5.41) is 0. The molecule has 2 nitrogen and oxygen atoms in total. The van der Waals surface area contributed by atoms with Crippen molar-refractivity contribution in [2.45, 2.75) is 18.8 Å². The zero-order valence-corrected chi connectivity index (χ0v) is 7.73. The highest BCUT2D eigenvalue weighted by molar-refractivity contribution is 5.39. The largest absolute Gasteiger partial charge is 0.441 e. The van der Waals surface area contributed by atoms with Crippen LogP contribution in [0, 0.1) is 6.39 Å². The second-order valence-electron chi connectivity index (χ2n) is 3.65. The molecule has 1 atom stereocenters. The minimum absolute atomic E-state index is 0.418. The molecule has 0 aliphatic heterocycles. The number of aryl methyl sites for hydroxylation is 1. The lowest BCUT2D eigenvalue weighted by Gasteiger charge is -2.06. The number of aromatic nitrogens is 1. The van der Waals surface area contributed by atoms with Crippen molar-refractivity contribution in [3.05, 3.63) is 53.7 Å². The van der Waals surface area contributed by atoms with Crippen LogP contribution in [-0.2, 0) is 6.42 Å². The normalized spacial score (nSPS) is 19.6. The molecule has 0 bridgehead atoms. The minimum Gasteiger partial charge on any atom is -0.441 e. The van der Waals surface area contributed by atoms with Crippen LogP contribution in [0.5, 0.6) is 0 Å². The molecule has 14 heavy (non-hydrogen) atoms. The molecule has 1 unspecified atom stereocenters. The van der Waals surface area contributed by atoms with Crippen LogP contribution in [0.4, 0.5) is 0 Å². The number of benzene rings is 1. The zero-order chi connectivity index (χ0) is 9.38. The lowest BCUT2D eigenvalue weighted by atomic mass is 9.99. The molecule has 0 fully saturated rings. The molecule has 0 saturated carbocycles. The molecule has 0 spiro atoms. The molecule has 3 rings (SSSR count). The Bertz CT molecular complexity index is 433. The van der Waals surface area contributed by atoms with Crippen molar-refractivity contribution < 1.29 is 4.42 Å². The fourth-order valence-corrected chi connectivity index (χ4v) is 2.22. The minimum atomic E-state index is 0.418. The highest BCUT2D eigenvalue weighted by atomic mass is 16.3. The Morgan fingerprint density at radius 3 is 3.14 bits per heavy atom. The van der Waals surface area contributed by atoms with Crippen LogP contribution in [-0.4, -0.2) is 4.98 Å². The third-order valence-electron chi connectivity index (χ3n) is 2.90. The molecule has 1 aromatic carbocycles. The van der Waals surface area contributed by atoms with Gasteiger partial charge in [0.25, 0.3) is 6.39 Å². The summed E-state index contributed by atoms with van der Waals surface area (Å²) < 4.78 is 4.91. The third kappa shape index (κ3) is 1.07. The molecule has 69 valence electrons. The van der Waals surface area contributed by atoms with Gasteiger partial charge in [-0.2, -0.15) is 0 Å². The molecule has 0 amide bonds. The molecule has 1 heterocycles. The van der Waals surface area contributed by atoms with Crippen LogP contribution in [0.3, 0.4) is 0 Å². The molecule has 1 aromatic heterocycles. The van der Waals surface area contributed by atoms with Crippen molar-refractivity contribution in [1.82, 2.24) is 4.98 Å². The average molecular weight is 184 g/mol. The van der Waals surface area contributed by atoms with Crippen LogP contribution < -0.4 is 0 Å². The summed E-state index contributed by atoms with van der Waals surface area (Å²) in [5.41, 5.74) is 3.85. The van der Waals surface area contributed by atoms with E-state index in [-0.39, 0.29) is 0 Å². The van der Waals surface area contributed by atoms with E-state index in [0.29, 0.717) is 5.92 Å². The first-order chi connectivity index (χ1) is 6.95. The van der Waals surface area contributed by atoms with Gasteiger partial charge < -0.3 is 4.42 Å². The Labute approximate surface area is 82.6 Å². The van der Waals surface area contributed by atoms with Gasteiger partial charge in [0, 0.05) is 5.92 Å². The van der Waals surface area contributed by atoms with E-state index in [1.165, 1.54) is 11.1 Å². The van der Waals surface area contributed by atoms with Gasteiger partial charge >= 0.3 is 0 Å². The second kappa shape index (κ2) is 2.98. The molecule has 2 aromatic rings. The van der Waals surface area contributed by atoms with E-state index in [9.17, 15) is 0 Å². The van der Waals surface area contributed by atoms with Crippen LogP contribution in [0.2, 0.25) is 0 Å². The SMILES string of the molecule is [c]1nc(C2CCc3ccccc32)co1. The van der Waals surface area contributed by atoms with Crippen LogP contribution in [0.1, 0.15) is 29.2 Å². The van der Waals surface area contributed by atoms with Gasteiger partial charge in [0.15, 0.2) is 0 Å². The Morgan fingerprint density at radius 2 is 2.29 bits per heavy atom. The van der Waals surface area contributed by atoms with Crippen LogP contribution in [0.25, 0.3) is 0 Å². The van der Waals surface area contributed by atoms with E-state index in [1.807, 2.05) is 0 Å². The highest BCUT2D eigenvalue weighted by Crippen LogP contribution is 2.36. The second-order valence-corrected chi connectivity index (χ2v) is 3.65. The molecular formula is C12H10NO. The molecule has 2 heteroatoms. The summed E-state index contributed by atoms with van der Waals surface area (Å²) in [7, 11) is 0. The molecule has 0 N–H and O–H groups in total. The van der Waals surface area contributed by atoms with Crippen molar-refractivity contribution in [2.24, 2.45) is 0 Å². The van der Waals surface area contributed by atoms with E-state index in [2.05, 4.69) is 35.6 Å². The van der Waals surface area contributed by atoms with Gasteiger partial charge in [0.1, 0.15) is 6.26 Å². The Balaban J connectivity index is 2.06. The van der Waals surface area contributed by atoms with Gasteiger partial charge in [0.05, 0.1) is 5.69 Å². The monoisotopic (exact) mass is 184 g/mol. The highest BCUT2D eigenvalue weighted by Gasteiger charge is 2.25. The van der Waals surface area contributed by atoms with Crippen molar-refractivity contribution >= 4 is 0 Å². The first kappa shape index (κ1) is 7.80. The van der Waals surface area contributed by atoms with E-state index < -0.39 is 0 Å². The molecule has 0 saturated heterocycles. The lowest BCUT2D eigenvalue weighted by molar-refractivity contribution is 0.545. The van der Waals surface area contributed by atoms with Crippen LogP contribution >= 0.6 is 0 Å². The molecule has 1 aliphatic carbocycles. The molecule has 1 radical (unpaired) electrons. The average Bonchev–Trinajstić information content (AvgIpc) is 2.85. The van der Waals surface area contributed by atoms with Gasteiger partial charge in [-0.1, -0.05) is 24.3 Å². The topological polar surface area (TPSA) is 26.0 Å². The third-order valence-corrected chi connectivity index (χ3v) is 2.90. The maximum Gasteiger partial charge on any atom is 0.283 e. The Kier molecular flexibility index (Phi) is 1.66. The summed E-state index contributed by atoms with van der Waals surface area (Å²) in [6, 6.07) is 8.55. The summed E-state index contributed by atoms with van der Waals surface area (Å²) >= 11 is 0. The Morgan fingerprint density at radius 1 is 1.36 bits per heavy atom. The molecular weight excluding hydrogens is 174 g/mol. The standard InChI is InChI=1S/C12H10NO/c1-2-4-10-9(3-1)5-6-11(10)12-7-14-8-13-12/h1-4,7,11H,5-6H2. The number of rotatable bonds is 1. The molecule has 1 aliphatic rings. The van der Waals surface area contributed by atoms with Gasteiger partial charge in [-0.05, 0) is 24.0 Å². The smallest absolute Gasteiger partial charge is 0.283 e. The van der Waals surface area contributed by atoms with E-state index >= 15 is 0 Å². The first-order valence-electron chi connectivity index (χ1n) is 4.84. The predicted octanol–water partition coefficient (Wildman–Crippen LogP) is 2.55. The maximum atomic E-state index is 4.91. The van der Waals surface area contributed by atoms with Gasteiger partial charge in [-0.15, -0.1) is 0 Å². The number of nitrogens with zero attached hydrogens (tertiary/aromatic N) is 1. The quantitative estimate of drug-likeness (QED) is 0.680. The summed E-state index contributed by atoms with van der Waals surface area (Å²) in [6.07, 6.45) is 6.50. The van der Waals surface area contributed by atoms with E-state index in [4.69, 9.17) is 4.42 Å². The van der Waals surface area contributed by atoms with Gasteiger partial charge in [0.2, 0.25) is 0 Å². The summed E-state index contributed by atoms with van der Waals surface area (Å²) in [6.45, 7) is 0. The fraction of sp³-hybridized carbons (Fsp3) is 0.250. The number of hydrogen-bond acceptors (Lipinski definition) is 2. The van der Waals surface area contributed by atoms with E-state index in [0.717, 1.165) is 18.5 Å². The van der Waals surface area contributed by atoms with E-state index in [1.54, 1.807) is 6.26 Å². The van der Waals surface area contributed by atoms with Crippen molar-refractivity contribution in [3.8, 4) is 0 Å². The maximum absolute atomic E-state index is 4.91. The lowest BCUT2D eigenvalue weighted by Crippen LogP contribution is -1.95. The van der Waals surface area contributed by atoms with Crippen molar-refractivity contribution in [1.29, 1.82) is 0 Å². The van der Waals surface area contributed by atoms with Gasteiger partial charge in [-0.25, -0.2) is 4.98 Å². The predicted molar refractivity (Wildman–Crippen MR) is 51.9 cm³/mol. The number of hydrogen-bond donors (Lipinski definition) is 0. The van der Waals surface area contributed by atoms with Crippen LogP contribution in [0.15, 0.2) is 34.9 Å². The van der Waals surface area contributed by atoms with Gasteiger partial charge in [-0.3, -0.25) is 0 Å². The number of fused-ring (bicyclic) bond motifs is 1. The first-order valence-corrected chi connectivity index (χ1v) is 4.84.